The molecule has 0 atom stereocenters. The second kappa shape index (κ2) is 5.71. The SMILES string of the molecule is Cc1ccc(-n2c(N)c3c(nc2=S)[nH]n2c(=O)c(C(C)(C)C)nnc32)cc1. The fourth-order valence-electron chi connectivity index (χ4n) is 3.01. The summed E-state index contributed by atoms with van der Waals surface area (Å²) in [5, 5.41) is 11.9. The first-order valence-corrected chi connectivity index (χ1v) is 8.86. The maximum Gasteiger partial charge on any atom is 0.295 e. The largest absolute Gasteiger partial charge is 0.384 e. The number of nitrogens with one attached hydrogen (secondary N) is 1. The van der Waals surface area contributed by atoms with Crippen molar-refractivity contribution in [3.63, 3.8) is 0 Å². The average Bonchev–Trinajstić information content (AvgIpc) is 2.95. The van der Waals surface area contributed by atoms with E-state index in [4.69, 9.17) is 18.0 Å². The van der Waals surface area contributed by atoms with E-state index in [0.717, 1.165) is 11.3 Å². The van der Waals surface area contributed by atoms with Gasteiger partial charge in [0, 0.05) is 11.1 Å². The first-order chi connectivity index (χ1) is 12.7. The van der Waals surface area contributed by atoms with Crippen LogP contribution >= 0.6 is 12.2 Å². The summed E-state index contributed by atoms with van der Waals surface area (Å²) >= 11 is 5.43. The average molecular weight is 381 g/mol. The summed E-state index contributed by atoms with van der Waals surface area (Å²) in [7, 11) is 0. The molecule has 0 saturated carbocycles. The number of nitrogens with two attached hydrogens (primary N) is 1. The van der Waals surface area contributed by atoms with Crippen LogP contribution in [-0.2, 0) is 5.41 Å². The molecule has 3 heterocycles. The zero-order valence-electron chi connectivity index (χ0n) is 15.4. The molecule has 27 heavy (non-hydrogen) atoms. The van der Waals surface area contributed by atoms with Gasteiger partial charge in [-0.3, -0.25) is 14.5 Å². The van der Waals surface area contributed by atoms with Crippen LogP contribution in [0.15, 0.2) is 29.1 Å². The molecule has 0 spiro atoms. The highest BCUT2D eigenvalue weighted by molar-refractivity contribution is 7.71. The van der Waals surface area contributed by atoms with Crippen LogP contribution in [0.1, 0.15) is 32.0 Å². The Kier molecular flexibility index (Phi) is 3.67. The molecule has 8 nitrogen and oxygen atoms in total. The van der Waals surface area contributed by atoms with Crippen molar-refractivity contribution in [2.75, 3.05) is 5.73 Å². The molecular formula is C18H19N7OS. The molecule has 0 radical (unpaired) electrons. The number of benzene rings is 1. The highest BCUT2D eigenvalue weighted by Gasteiger charge is 2.24. The van der Waals surface area contributed by atoms with Crippen molar-refractivity contribution in [3.8, 4) is 5.69 Å². The van der Waals surface area contributed by atoms with Gasteiger partial charge in [-0.25, -0.2) is 0 Å². The third kappa shape index (κ3) is 2.62. The van der Waals surface area contributed by atoms with Crippen molar-refractivity contribution in [1.29, 1.82) is 0 Å². The number of hydrogen-bond acceptors (Lipinski definition) is 6. The lowest BCUT2D eigenvalue weighted by Gasteiger charge is -2.15. The van der Waals surface area contributed by atoms with E-state index in [0.29, 0.717) is 28.2 Å². The molecular weight excluding hydrogens is 362 g/mol. The van der Waals surface area contributed by atoms with Gasteiger partial charge >= 0.3 is 0 Å². The summed E-state index contributed by atoms with van der Waals surface area (Å²) in [4.78, 5) is 17.3. The van der Waals surface area contributed by atoms with Crippen molar-refractivity contribution in [3.05, 3.63) is 50.6 Å². The molecule has 1 aromatic carbocycles. The van der Waals surface area contributed by atoms with E-state index < -0.39 is 5.41 Å². The van der Waals surface area contributed by atoms with Gasteiger partial charge in [-0.15, -0.1) is 10.2 Å². The molecule has 0 fully saturated rings. The van der Waals surface area contributed by atoms with E-state index in [9.17, 15) is 4.79 Å². The van der Waals surface area contributed by atoms with Crippen molar-refractivity contribution in [1.82, 2.24) is 29.4 Å². The Bertz CT molecular complexity index is 1310. The number of fused-ring (bicyclic) bond motifs is 3. The monoisotopic (exact) mass is 381 g/mol. The lowest BCUT2D eigenvalue weighted by Crippen LogP contribution is -2.30. The van der Waals surface area contributed by atoms with Gasteiger partial charge in [0.25, 0.3) is 5.56 Å². The van der Waals surface area contributed by atoms with Crippen molar-refractivity contribution in [2.24, 2.45) is 0 Å². The van der Waals surface area contributed by atoms with Crippen LogP contribution in [0.2, 0.25) is 0 Å². The first kappa shape index (κ1) is 17.3. The molecule has 0 aliphatic heterocycles. The van der Waals surface area contributed by atoms with Crippen LogP contribution in [0.4, 0.5) is 5.82 Å². The van der Waals surface area contributed by atoms with Crippen LogP contribution in [0.3, 0.4) is 0 Å². The summed E-state index contributed by atoms with van der Waals surface area (Å²) in [6.45, 7) is 7.73. The van der Waals surface area contributed by atoms with Gasteiger partial charge in [0.2, 0.25) is 4.77 Å². The van der Waals surface area contributed by atoms with Gasteiger partial charge < -0.3 is 5.73 Å². The Morgan fingerprint density at radius 2 is 1.81 bits per heavy atom. The summed E-state index contributed by atoms with van der Waals surface area (Å²) in [6.07, 6.45) is 0. The van der Waals surface area contributed by atoms with Gasteiger partial charge in [0.15, 0.2) is 11.3 Å². The highest BCUT2D eigenvalue weighted by Crippen LogP contribution is 2.26. The quantitative estimate of drug-likeness (QED) is 0.491. The molecule has 0 unspecified atom stereocenters. The summed E-state index contributed by atoms with van der Waals surface area (Å²) in [5.41, 5.74) is 8.70. The molecule has 0 amide bonds. The maximum absolute atomic E-state index is 12.9. The van der Waals surface area contributed by atoms with Gasteiger partial charge in [-0.2, -0.15) is 9.50 Å². The predicted molar refractivity (Wildman–Crippen MR) is 107 cm³/mol. The van der Waals surface area contributed by atoms with E-state index in [1.165, 1.54) is 4.52 Å². The molecule has 0 aliphatic rings. The van der Waals surface area contributed by atoms with E-state index in [2.05, 4.69) is 20.3 Å². The van der Waals surface area contributed by atoms with E-state index in [1.807, 2.05) is 52.0 Å². The third-order valence-electron chi connectivity index (χ3n) is 4.44. The van der Waals surface area contributed by atoms with Crippen LogP contribution in [0, 0.1) is 11.7 Å². The lowest BCUT2D eigenvalue weighted by atomic mass is 9.93. The Morgan fingerprint density at radius 3 is 2.44 bits per heavy atom. The van der Waals surface area contributed by atoms with Crippen LogP contribution in [-0.4, -0.2) is 29.4 Å². The summed E-state index contributed by atoms with van der Waals surface area (Å²) < 4.78 is 3.28. The number of aromatic amines is 1. The molecule has 9 heteroatoms. The molecule has 4 rings (SSSR count). The third-order valence-corrected chi connectivity index (χ3v) is 4.71. The normalized spacial score (nSPS) is 12.1. The van der Waals surface area contributed by atoms with E-state index in [1.54, 1.807) is 4.57 Å². The minimum Gasteiger partial charge on any atom is -0.384 e. The Labute approximate surface area is 159 Å². The molecule has 0 saturated heterocycles. The number of hydrogen-bond donors (Lipinski definition) is 2. The van der Waals surface area contributed by atoms with Gasteiger partial charge in [0.05, 0.1) is 0 Å². The minimum atomic E-state index is -0.438. The van der Waals surface area contributed by atoms with Crippen LogP contribution in [0.25, 0.3) is 22.4 Å². The minimum absolute atomic E-state index is 0.280. The molecule has 3 N–H and O–H groups in total. The predicted octanol–water partition coefficient (Wildman–Crippen LogP) is 2.67. The number of rotatable bonds is 1. The van der Waals surface area contributed by atoms with E-state index in [-0.39, 0.29) is 10.3 Å². The van der Waals surface area contributed by atoms with E-state index >= 15 is 0 Å². The van der Waals surface area contributed by atoms with Gasteiger partial charge in [-0.05, 0) is 31.3 Å². The second-order valence-electron chi connectivity index (χ2n) is 7.55. The Morgan fingerprint density at radius 1 is 1.15 bits per heavy atom. The first-order valence-electron chi connectivity index (χ1n) is 8.45. The zero-order valence-corrected chi connectivity index (χ0v) is 16.3. The number of anilines is 1. The van der Waals surface area contributed by atoms with Gasteiger partial charge in [-0.1, -0.05) is 38.5 Å². The summed E-state index contributed by atoms with van der Waals surface area (Å²) in [5.74, 6) is 0.352. The maximum atomic E-state index is 12.9. The van der Waals surface area contributed by atoms with Crippen LogP contribution < -0.4 is 11.3 Å². The Balaban J connectivity index is 2.10. The molecule has 0 aliphatic carbocycles. The Hall–Kier alpha value is -3.07. The topological polar surface area (TPSA) is 107 Å². The van der Waals surface area contributed by atoms with Crippen molar-refractivity contribution in [2.45, 2.75) is 33.1 Å². The number of aromatic nitrogens is 6. The standard InChI is InChI=1S/C18H19N7OS/c1-9-5-7-10(8-6-9)24-13(19)11-14(20-17(24)27)23-25-15(11)22-21-12(16(25)26)18(2,3)4/h5-8H,19H2,1-4H3,(H,20,23,27). The number of nitrogen functional groups attached to an aromatic ring is 1. The summed E-state index contributed by atoms with van der Waals surface area (Å²) in [6, 6.07) is 7.77. The van der Waals surface area contributed by atoms with Gasteiger partial charge in [0.1, 0.15) is 16.9 Å². The van der Waals surface area contributed by atoms with Crippen LogP contribution in [0.5, 0.6) is 0 Å². The number of aryl methyl sites for hydroxylation is 1. The lowest BCUT2D eigenvalue weighted by molar-refractivity contribution is 0.542. The fraction of sp³-hybridized carbons (Fsp3) is 0.278. The molecule has 3 aromatic heterocycles. The molecule has 0 bridgehead atoms. The number of nitrogens with zero attached hydrogens (tertiary/aromatic N) is 5. The zero-order chi connectivity index (χ0) is 19.5. The molecule has 4 aromatic rings. The fourth-order valence-corrected chi connectivity index (χ4v) is 3.31. The smallest absolute Gasteiger partial charge is 0.295 e. The number of H-pyrrole nitrogens is 1. The van der Waals surface area contributed by atoms with Crippen molar-refractivity contribution < 1.29 is 0 Å². The highest BCUT2D eigenvalue weighted by atomic mass is 32.1. The van der Waals surface area contributed by atoms with Crippen molar-refractivity contribution >= 4 is 34.7 Å². The second-order valence-corrected chi connectivity index (χ2v) is 7.91. The molecule has 138 valence electrons.